The second kappa shape index (κ2) is 6.19. The van der Waals surface area contributed by atoms with Crippen LogP contribution in [0.1, 0.15) is 37.0 Å². The summed E-state index contributed by atoms with van der Waals surface area (Å²) in [6, 6.07) is 6.16. The van der Waals surface area contributed by atoms with Crippen molar-refractivity contribution in [2.75, 3.05) is 0 Å². The van der Waals surface area contributed by atoms with Crippen LogP contribution in [-0.4, -0.2) is 26.1 Å². The largest absolute Gasteiger partial charge is 0.507 e. The number of hydrogen-bond acceptors (Lipinski definition) is 6. The maximum absolute atomic E-state index is 10.9. The third-order valence-electron chi connectivity index (χ3n) is 5.45. The Morgan fingerprint density at radius 1 is 1.00 bits per heavy atom. The van der Waals surface area contributed by atoms with E-state index in [0.29, 0.717) is 22.6 Å². The van der Waals surface area contributed by atoms with Crippen molar-refractivity contribution in [3.63, 3.8) is 0 Å². The summed E-state index contributed by atoms with van der Waals surface area (Å²) in [6.45, 7) is 7.92. The minimum absolute atomic E-state index is 0.163. The van der Waals surface area contributed by atoms with E-state index in [2.05, 4.69) is 19.0 Å². The summed E-state index contributed by atoms with van der Waals surface area (Å²) in [5.74, 6) is 0.956. The lowest BCUT2D eigenvalue weighted by atomic mass is 9.86. The number of nitrogens with zero attached hydrogens (tertiary/aromatic N) is 1. The first-order valence-corrected chi connectivity index (χ1v) is 9.21. The highest BCUT2D eigenvalue weighted by molar-refractivity contribution is 5.79. The van der Waals surface area contributed by atoms with Gasteiger partial charge < -0.3 is 24.6 Å². The van der Waals surface area contributed by atoms with Crippen LogP contribution in [0, 0.1) is 13.8 Å². The number of fused-ring (bicyclic) bond motifs is 1. The highest BCUT2D eigenvalue weighted by Gasteiger charge is 2.33. The summed E-state index contributed by atoms with van der Waals surface area (Å²) < 4.78 is 11.8. The van der Waals surface area contributed by atoms with Crippen LogP contribution in [0.25, 0.3) is 22.6 Å². The molecule has 0 amide bonds. The lowest BCUT2D eigenvalue weighted by Gasteiger charge is -2.35. The maximum atomic E-state index is 10.9. The van der Waals surface area contributed by atoms with Crippen LogP contribution in [-0.2, 0) is 6.42 Å². The van der Waals surface area contributed by atoms with E-state index < -0.39 is 0 Å². The summed E-state index contributed by atoms with van der Waals surface area (Å²) in [5.41, 5.74) is 3.99. The maximum Gasteiger partial charge on any atom is 0.171 e. The molecule has 1 aliphatic heterocycles. The molecule has 0 saturated heterocycles. The smallest absolute Gasteiger partial charge is 0.171 e. The summed E-state index contributed by atoms with van der Waals surface area (Å²) in [4.78, 5) is 0. The lowest BCUT2D eigenvalue weighted by Crippen LogP contribution is -2.33. The molecule has 0 saturated carbocycles. The molecule has 1 aromatic heterocycles. The first-order valence-electron chi connectivity index (χ1n) is 9.21. The van der Waals surface area contributed by atoms with E-state index in [1.165, 1.54) is 12.1 Å². The quantitative estimate of drug-likeness (QED) is 0.550. The van der Waals surface area contributed by atoms with E-state index in [9.17, 15) is 15.3 Å². The van der Waals surface area contributed by atoms with Gasteiger partial charge in [0, 0.05) is 17.2 Å². The van der Waals surface area contributed by atoms with Gasteiger partial charge in [0.05, 0.1) is 5.56 Å². The van der Waals surface area contributed by atoms with Gasteiger partial charge in [-0.1, -0.05) is 5.16 Å². The molecule has 0 aliphatic carbocycles. The van der Waals surface area contributed by atoms with Gasteiger partial charge in [-0.05, 0) is 69.9 Å². The van der Waals surface area contributed by atoms with Gasteiger partial charge in [-0.15, -0.1) is 0 Å². The number of benzene rings is 2. The fourth-order valence-electron chi connectivity index (χ4n) is 3.63. The van der Waals surface area contributed by atoms with Crippen LogP contribution in [0.15, 0.2) is 28.8 Å². The molecule has 2 aromatic carbocycles. The third-order valence-corrected chi connectivity index (χ3v) is 5.45. The summed E-state index contributed by atoms with van der Waals surface area (Å²) >= 11 is 0. The molecule has 0 radical (unpaired) electrons. The Kier molecular flexibility index (Phi) is 4.03. The van der Waals surface area contributed by atoms with Gasteiger partial charge in [0.1, 0.15) is 22.8 Å². The van der Waals surface area contributed by atoms with Crippen LogP contribution < -0.4 is 4.74 Å². The van der Waals surface area contributed by atoms with E-state index >= 15 is 0 Å². The van der Waals surface area contributed by atoms with Crippen molar-refractivity contribution in [3.8, 4) is 45.6 Å². The van der Waals surface area contributed by atoms with Gasteiger partial charge in [-0.2, -0.15) is 0 Å². The zero-order valence-electron chi connectivity index (χ0n) is 16.3. The molecular weight excluding hydrogens is 358 g/mol. The molecule has 4 rings (SSSR count). The molecule has 146 valence electrons. The Bertz CT molecular complexity index is 1080. The highest BCUT2D eigenvalue weighted by atomic mass is 16.5. The van der Waals surface area contributed by atoms with E-state index in [1.54, 1.807) is 12.1 Å². The molecule has 6 heteroatoms. The fourth-order valence-corrected chi connectivity index (χ4v) is 3.63. The monoisotopic (exact) mass is 381 g/mol. The Morgan fingerprint density at radius 2 is 1.75 bits per heavy atom. The van der Waals surface area contributed by atoms with Crippen molar-refractivity contribution in [2.45, 2.75) is 46.1 Å². The number of aromatic hydroxyl groups is 3. The second-order valence-electron chi connectivity index (χ2n) is 7.92. The van der Waals surface area contributed by atoms with E-state index in [1.807, 2.05) is 13.8 Å². The van der Waals surface area contributed by atoms with Gasteiger partial charge >= 0.3 is 0 Å². The van der Waals surface area contributed by atoms with Gasteiger partial charge in [0.25, 0.3) is 0 Å². The zero-order valence-corrected chi connectivity index (χ0v) is 16.3. The number of hydrogen-bond donors (Lipinski definition) is 3. The molecule has 0 atom stereocenters. The average molecular weight is 381 g/mol. The standard InChI is InChI=1S/C22H23NO5/c1-11-12(2)21-14(7-8-22(3,4)27-21)19(20(11)26)18-10-15(23-28-18)13-5-6-16(24)17(25)9-13/h5-6,9-10,24-26H,7-8H2,1-4H3. The average Bonchev–Trinajstić information content (AvgIpc) is 3.12. The number of ether oxygens (including phenoxy) is 1. The van der Waals surface area contributed by atoms with Crippen molar-refractivity contribution < 1.29 is 24.6 Å². The van der Waals surface area contributed by atoms with Gasteiger partial charge in [-0.25, -0.2) is 0 Å². The predicted octanol–water partition coefficient (Wildman–Crippen LogP) is 4.85. The number of aromatic nitrogens is 1. The molecule has 6 nitrogen and oxygen atoms in total. The summed E-state index contributed by atoms with van der Waals surface area (Å²) in [5, 5.41) is 34.2. The van der Waals surface area contributed by atoms with Gasteiger partial charge in [0.2, 0.25) is 0 Å². The second-order valence-corrected chi connectivity index (χ2v) is 7.92. The first kappa shape index (κ1) is 18.2. The van der Waals surface area contributed by atoms with Crippen molar-refractivity contribution in [1.82, 2.24) is 5.16 Å². The van der Waals surface area contributed by atoms with Gasteiger partial charge in [-0.3, -0.25) is 0 Å². The first-order chi connectivity index (χ1) is 13.2. The van der Waals surface area contributed by atoms with Crippen molar-refractivity contribution in [3.05, 3.63) is 41.0 Å². The minimum Gasteiger partial charge on any atom is -0.507 e. The van der Waals surface area contributed by atoms with Crippen molar-refractivity contribution in [1.29, 1.82) is 0 Å². The van der Waals surface area contributed by atoms with Crippen LogP contribution in [0.4, 0.5) is 0 Å². The van der Waals surface area contributed by atoms with Gasteiger partial charge in [0.15, 0.2) is 17.3 Å². The molecule has 3 aromatic rings. The molecule has 0 spiro atoms. The van der Waals surface area contributed by atoms with Crippen molar-refractivity contribution >= 4 is 0 Å². The third kappa shape index (κ3) is 2.85. The fraction of sp³-hybridized carbons (Fsp3) is 0.318. The molecule has 28 heavy (non-hydrogen) atoms. The predicted molar refractivity (Wildman–Crippen MR) is 105 cm³/mol. The molecule has 0 unspecified atom stereocenters. The molecule has 0 fully saturated rings. The molecule has 3 N–H and O–H groups in total. The molecular formula is C22H23NO5. The molecule has 2 heterocycles. The number of rotatable bonds is 2. The summed E-state index contributed by atoms with van der Waals surface area (Å²) in [7, 11) is 0. The Labute approximate surface area is 163 Å². The Balaban J connectivity index is 1.86. The van der Waals surface area contributed by atoms with E-state index in [0.717, 1.165) is 35.3 Å². The topological polar surface area (TPSA) is 96.0 Å². The number of phenols is 3. The summed E-state index contributed by atoms with van der Waals surface area (Å²) in [6.07, 6.45) is 1.57. The minimum atomic E-state index is -0.269. The zero-order chi connectivity index (χ0) is 20.2. The molecule has 0 bridgehead atoms. The van der Waals surface area contributed by atoms with Crippen LogP contribution in [0.5, 0.6) is 23.0 Å². The Morgan fingerprint density at radius 3 is 2.46 bits per heavy atom. The van der Waals surface area contributed by atoms with Crippen molar-refractivity contribution in [2.24, 2.45) is 0 Å². The number of phenolic OH excluding ortho intramolecular Hbond substituents is 3. The molecule has 1 aliphatic rings. The van der Waals surface area contributed by atoms with Crippen LogP contribution in [0.2, 0.25) is 0 Å². The van der Waals surface area contributed by atoms with E-state index in [-0.39, 0.29) is 22.8 Å². The normalized spacial score (nSPS) is 15.1. The van der Waals surface area contributed by atoms with Crippen LogP contribution >= 0.6 is 0 Å². The Hall–Kier alpha value is -3.15. The highest BCUT2D eigenvalue weighted by Crippen LogP contribution is 2.48. The van der Waals surface area contributed by atoms with Crippen LogP contribution in [0.3, 0.4) is 0 Å². The van der Waals surface area contributed by atoms with E-state index in [4.69, 9.17) is 9.26 Å². The SMILES string of the molecule is Cc1c(C)c2c(c(-c3cc(-c4ccc(O)c(O)c4)no3)c1O)CCC(C)(C)O2. The lowest BCUT2D eigenvalue weighted by molar-refractivity contribution is 0.0836.